The molecule has 2 aliphatic carbocycles. The minimum absolute atomic E-state index is 0.391. The molecule has 0 fully saturated rings. The molecule has 178 valence electrons. The Balaban J connectivity index is 1.19. The first kappa shape index (κ1) is 25.2. The average molecular weight is 443 g/mol. The molecule has 0 aliphatic heterocycles. The van der Waals surface area contributed by atoms with Crippen molar-refractivity contribution in [2.45, 2.75) is 89.6 Å². The Morgan fingerprint density at radius 1 is 0.531 bits per heavy atom. The van der Waals surface area contributed by atoms with E-state index in [4.69, 9.17) is 18.9 Å². The molecule has 0 aromatic heterocycles. The van der Waals surface area contributed by atoms with Gasteiger partial charge in [-0.1, -0.05) is 48.6 Å². The van der Waals surface area contributed by atoms with Gasteiger partial charge in [0.15, 0.2) is 0 Å². The van der Waals surface area contributed by atoms with Crippen LogP contribution >= 0.6 is 0 Å². The normalized spacial score (nSPS) is 24.1. The number of ether oxygens (including phenoxy) is 4. The Hall–Kier alpha value is -1.46. The van der Waals surface area contributed by atoms with Gasteiger partial charge in [0.05, 0.1) is 51.8 Å². The summed E-state index contributed by atoms with van der Waals surface area (Å²) < 4.78 is 23.5. The minimum Gasteiger partial charge on any atom is -0.377 e. The van der Waals surface area contributed by atoms with Crippen LogP contribution in [0.1, 0.15) is 75.3 Å². The summed E-state index contributed by atoms with van der Waals surface area (Å²) in [5, 5.41) is 0. The highest BCUT2D eigenvalue weighted by Gasteiger charge is 2.10. The summed E-state index contributed by atoms with van der Waals surface area (Å²) in [6.45, 7) is 3.85. The van der Waals surface area contributed by atoms with Crippen molar-refractivity contribution in [2.24, 2.45) is 0 Å². The lowest BCUT2D eigenvalue weighted by atomic mass is 10.0. The molecule has 32 heavy (non-hydrogen) atoms. The van der Waals surface area contributed by atoms with Crippen LogP contribution in [0.5, 0.6) is 0 Å². The van der Waals surface area contributed by atoms with E-state index in [2.05, 4.69) is 48.6 Å². The Kier molecular flexibility index (Phi) is 12.7. The number of rotatable bonds is 12. The predicted octanol–water partition coefficient (Wildman–Crippen LogP) is 6.53. The van der Waals surface area contributed by atoms with E-state index < -0.39 is 0 Å². The van der Waals surface area contributed by atoms with E-state index in [0.29, 0.717) is 51.8 Å². The highest BCUT2D eigenvalue weighted by molar-refractivity contribution is 5.21. The highest BCUT2D eigenvalue weighted by Crippen LogP contribution is 2.18. The van der Waals surface area contributed by atoms with Gasteiger partial charge in [-0.2, -0.15) is 0 Å². The second kappa shape index (κ2) is 16.2. The van der Waals surface area contributed by atoms with Gasteiger partial charge in [0.1, 0.15) is 0 Å². The zero-order valence-corrected chi connectivity index (χ0v) is 19.7. The molecule has 2 atom stereocenters. The molecule has 0 N–H and O–H groups in total. The quantitative estimate of drug-likeness (QED) is 0.272. The molecular weight excluding hydrogens is 400 g/mol. The van der Waals surface area contributed by atoms with Crippen molar-refractivity contribution in [1.82, 2.24) is 0 Å². The van der Waals surface area contributed by atoms with Crippen molar-refractivity contribution < 1.29 is 18.9 Å². The molecule has 0 radical (unpaired) electrons. The largest absolute Gasteiger partial charge is 0.377 e. The third-order valence-electron chi connectivity index (χ3n) is 6.17. The van der Waals surface area contributed by atoms with Crippen molar-refractivity contribution in [3.63, 3.8) is 0 Å². The van der Waals surface area contributed by atoms with Crippen molar-refractivity contribution in [3.05, 3.63) is 59.7 Å². The molecule has 0 spiro atoms. The third kappa shape index (κ3) is 10.9. The van der Waals surface area contributed by atoms with E-state index in [1.807, 2.05) is 0 Å². The molecule has 1 aromatic carbocycles. The van der Waals surface area contributed by atoms with E-state index in [-0.39, 0.29) is 0 Å². The van der Waals surface area contributed by atoms with Crippen LogP contribution in [-0.2, 0) is 32.2 Å². The molecule has 1 aromatic rings. The van der Waals surface area contributed by atoms with Crippen molar-refractivity contribution in [2.75, 3.05) is 26.4 Å². The Labute approximate surface area is 195 Å². The summed E-state index contributed by atoms with van der Waals surface area (Å²) in [4.78, 5) is 0. The second-order valence-corrected chi connectivity index (χ2v) is 8.87. The van der Waals surface area contributed by atoms with Gasteiger partial charge >= 0.3 is 0 Å². The van der Waals surface area contributed by atoms with Gasteiger partial charge in [-0.25, -0.2) is 0 Å². The first-order valence-corrected chi connectivity index (χ1v) is 12.7. The van der Waals surface area contributed by atoms with Gasteiger partial charge < -0.3 is 18.9 Å². The summed E-state index contributed by atoms with van der Waals surface area (Å²) in [5.74, 6) is 0. The van der Waals surface area contributed by atoms with Crippen LogP contribution in [-0.4, -0.2) is 38.6 Å². The standard InChI is InChI=1S/C28H42O4/c1-3-7-11-27(12-8-4-1)31-22-21-29-19-20-30-23-25-15-17-26(18-16-25)24-32-28-13-9-5-2-6-10-14-28/h1-3,5,15-18,27-28H,4,6-14,19-24H2/b3-1-,5-2-. The van der Waals surface area contributed by atoms with Crippen LogP contribution < -0.4 is 0 Å². The topological polar surface area (TPSA) is 36.9 Å². The fourth-order valence-electron chi connectivity index (χ4n) is 4.21. The monoisotopic (exact) mass is 442 g/mol. The first-order chi connectivity index (χ1) is 15.9. The molecule has 0 bridgehead atoms. The molecule has 4 nitrogen and oxygen atoms in total. The first-order valence-electron chi connectivity index (χ1n) is 12.7. The molecule has 0 saturated heterocycles. The Morgan fingerprint density at radius 3 is 1.75 bits per heavy atom. The summed E-state index contributed by atoms with van der Waals surface area (Å²) in [5.41, 5.74) is 2.42. The van der Waals surface area contributed by atoms with Crippen LogP contribution in [0.25, 0.3) is 0 Å². The summed E-state index contributed by atoms with van der Waals surface area (Å²) in [6, 6.07) is 8.58. The smallest absolute Gasteiger partial charge is 0.0720 e. The fourth-order valence-corrected chi connectivity index (χ4v) is 4.21. The van der Waals surface area contributed by atoms with Gasteiger partial charge in [-0.15, -0.1) is 0 Å². The van der Waals surface area contributed by atoms with Crippen LogP contribution in [0.4, 0.5) is 0 Å². The zero-order valence-electron chi connectivity index (χ0n) is 19.7. The van der Waals surface area contributed by atoms with Gasteiger partial charge in [0, 0.05) is 0 Å². The highest BCUT2D eigenvalue weighted by atomic mass is 16.5. The van der Waals surface area contributed by atoms with E-state index in [1.54, 1.807) is 0 Å². The number of allylic oxidation sites excluding steroid dienone is 4. The molecule has 3 rings (SSSR count). The SMILES string of the molecule is C1=C\CCC(OCCOCCOCc2ccc(COC3CC/C=C\CCC3)cc2)CCC/1. The lowest BCUT2D eigenvalue weighted by Gasteiger charge is -2.18. The molecule has 0 saturated carbocycles. The van der Waals surface area contributed by atoms with E-state index >= 15 is 0 Å². The molecular formula is C28H42O4. The lowest BCUT2D eigenvalue weighted by Crippen LogP contribution is -2.17. The summed E-state index contributed by atoms with van der Waals surface area (Å²) in [7, 11) is 0. The van der Waals surface area contributed by atoms with Gasteiger partial charge in [-0.3, -0.25) is 0 Å². The second-order valence-electron chi connectivity index (χ2n) is 8.87. The van der Waals surface area contributed by atoms with Gasteiger partial charge in [-0.05, 0) is 75.3 Å². The number of hydrogen-bond donors (Lipinski definition) is 0. The fraction of sp³-hybridized carbons (Fsp3) is 0.643. The molecule has 2 aliphatic rings. The average Bonchev–Trinajstić information content (AvgIpc) is 2.77. The molecule has 4 heteroatoms. The Morgan fingerprint density at radius 2 is 1.06 bits per heavy atom. The maximum atomic E-state index is 6.15. The van der Waals surface area contributed by atoms with E-state index in [0.717, 1.165) is 32.1 Å². The molecule has 0 heterocycles. The van der Waals surface area contributed by atoms with Crippen molar-refractivity contribution in [3.8, 4) is 0 Å². The van der Waals surface area contributed by atoms with E-state index in [1.165, 1.54) is 43.2 Å². The van der Waals surface area contributed by atoms with Crippen LogP contribution in [0.3, 0.4) is 0 Å². The predicted molar refractivity (Wildman–Crippen MR) is 130 cm³/mol. The van der Waals surface area contributed by atoms with Gasteiger partial charge in [0.25, 0.3) is 0 Å². The summed E-state index contributed by atoms with van der Waals surface area (Å²) in [6.07, 6.45) is 21.6. The van der Waals surface area contributed by atoms with Crippen molar-refractivity contribution >= 4 is 0 Å². The Bertz CT molecular complexity index is 652. The maximum Gasteiger partial charge on any atom is 0.0720 e. The van der Waals surface area contributed by atoms with Crippen LogP contribution in [0.15, 0.2) is 48.6 Å². The zero-order chi connectivity index (χ0) is 22.1. The van der Waals surface area contributed by atoms with Crippen molar-refractivity contribution in [1.29, 1.82) is 0 Å². The summed E-state index contributed by atoms with van der Waals surface area (Å²) >= 11 is 0. The lowest BCUT2D eigenvalue weighted by molar-refractivity contribution is -0.0182. The van der Waals surface area contributed by atoms with Crippen LogP contribution in [0.2, 0.25) is 0 Å². The maximum absolute atomic E-state index is 6.15. The van der Waals surface area contributed by atoms with Crippen LogP contribution in [0, 0.1) is 0 Å². The third-order valence-corrected chi connectivity index (χ3v) is 6.17. The minimum atomic E-state index is 0.391. The van der Waals surface area contributed by atoms with E-state index in [9.17, 15) is 0 Å². The number of benzene rings is 1. The number of hydrogen-bond acceptors (Lipinski definition) is 4. The molecule has 2 unspecified atom stereocenters. The van der Waals surface area contributed by atoms with Gasteiger partial charge in [0.2, 0.25) is 0 Å². The molecule has 0 amide bonds.